The highest BCUT2D eigenvalue weighted by molar-refractivity contribution is 5.84. The topological polar surface area (TPSA) is 73.0 Å². The molecule has 0 fully saturated rings. The number of hydrogen-bond donors (Lipinski definition) is 0. The van der Waals surface area contributed by atoms with Crippen LogP contribution in [0.15, 0.2) is 53.6 Å². The Balaban J connectivity index is 1.56. The summed E-state index contributed by atoms with van der Waals surface area (Å²) in [5.41, 5.74) is 5.70. The smallest absolute Gasteiger partial charge is 0.256 e. The van der Waals surface area contributed by atoms with Crippen LogP contribution in [0.5, 0.6) is 0 Å². The van der Waals surface area contributed by atoms with Crippen LogP contribution in [0.2, 0.25) is 0 Å². The largest absolute Gasteiger partial charge is 0.338 e. The summed E-state index contributed by atoms with van der Waals surface area (Å²) in [7, 11) is 2.00. The fraction of sp³-hybridized carbons (Fsp3) is 0.250. The maximum atomic E-state index is 12.9. The second-order valence-electron chi connectivity index (χ2n) is 8.03. The number of pyridine rings is 3. The SMILES string of the molecule is CC(=O)N1CCc2c(c3ccc(-n4ccc(-c5ccc(C)nc5)cc4=O)nc3n2C)C1. The Morgan fingerprint density at radius 2 is 1.94 bits per heavy atom. The van der Waals surface area contributed by atoms with Gasteiger partial charge >= 0.3 is 0 Å². The summed E-state index contributed by atoms with van der Waals surface area (Å²) in [6.45, 7) is 4.86. The second-order valence-corrected chi connectivity index (χ2v) is 8.03. The van der Waals surface area contributed by atoms with E-state index in [-0.39, 0.29) is 11.5 Å². The van der Waals surface area contributed by atoms with Gasteiger partial charge in [-0.15, -0.1) is 0 Å². The standard InChI is InChI=1S/C24H23N5O2/c1-15-4-5-18(13-25-15)17-8-11-29(23(31)12-17)22-7-6-19-20-14-28(16(2)30)10-9-21(20)27(3)24(19)26-22/h4-8,11-13H,9-10,14H2,1-3H3. The Morgan fingerprint density at radius 3 is 2.65 bits per heavy atom. The summed E-state index contributed by atoms with van der Waals surface area (Å²) in [6, 6.07) is 11.3. The molecule has 0 spiro atoms. The minimum atomic E-state index is -0.147. The number of rotatable bonds is 2. The maximum Gasteiger partial charge on any atom is 0.256 e. The van der Waals surface area contributed by atoms with Crippen LogP contribution >= 0.6 is 0 Å². The third kappa shape index (κ3) is 3.22. The number of fused-ring (bicyclic) bond motifs is 3. The number of nitrogens with zero attached hydrogens (tertiary/aromatic N) is 5. The predicted molar refractivity (Wildman–Crippen MR) is 119 cm³/mol. The van der Waals surface area contributed by atoms with E-state index in [9.17, 15) is 9.59 Å². The van der Waals surface area contributed by atoms with E-state index in [1.54, 1.807) is 30.0 Å². The van der Waals surface area contributed by atoms with Gasteiger partial charge in [0.15, 0.2) is 0 Å². The Bertz CT molecular complexity index is 1380. The van der Waals surface area contributed by atoms with E-state index in [1.165, 1.54) is 5.69 Å². The molecule has 0 unspecified atom stereocenters. The molecule has 1 aliphatic heterocycles. The van der Waals surface area contributed by atoms with Gasteiger partial charge in [-0.25, -0.2) is 4.98 Å². The first-order valence-electron chi connectivity index (χ1n) is 10.3. The lowest BCUT2D eigenvalue weighted by atomic mass is 10.1. The van der Waals surface area contributed by atoms with Crippen molar-refractivity contribution >= 4 is 16.9 Å². The highest BCUT2D eigenvalue weighted by Gasteiger charge is 2.25. The van der Waals surface area contributed by atoms with E-state index in [4.69, 9.17) is 4.98 Å². The van der Waals surface area contributed by atoms with Crippen LogP contribution in [0.1, 0.15) is 23.9 Å². The lowest BCUT2D eigenvalue weighted by Gasteiger charge is -2.26. The summed E-state index contributed by atoms with van der Waals surface area (Å²) >= 11 is 0. The minimum Gasteiger partial charge on any atom is -0.338 e. The van der Waals surface area contributed by atoms with E-state index in [1.807, 2.05) is 49.2 Å². The van der Waals surface area contributed by atoms with Gasteiger partial charge < -0.3 is 9.47 Å². The van der Waals surface area contributed by atoms with Crippen LogP contribution in [0.25, 0.3) is 28.0 Å². The van der Waals surface area contributed by atoms with E-state index >= 15 is 0 Å². The van der Waals surface area contributed by atoms with Gasteiger partial charge in [0, 0.05) is 79.8 Å². The first-order chi connectivity index (χ1) is 14.9. The Kier molecular flexibility index (Phi) is 4.46. The molecule has 0 aliphatic carbocycles. The molecule has 1 amide bonds. The highest BCUT2D eigenvalue weighted by atomic mass is 16.2. The molecule has 7 nitrogen and oxygen atoms in total. The molecular weight excluding hydrogens is 390 g/mol. The maximum absolute atomic E-state index is 12.9. The average molecular weight is 413 g/mol. The average Bonchev–Trinajstić information content (AvgIpc) is 3.05. The van der Waals surface area contributed by atoms with Crippen molar-refractivity contribution in [1.82, 2.24) is 24.0 Å². The van der Waals surface area contributed by atoms with Gasteiger partial charge in [-0.1, -0.05) is 6.07 Å². The molecule has 5 rings (SSSR count). The van der Waals surface area contributed by atoms with Crippen LogP contribution in [-0.2, 0) is 24.8 Å². The molecule has 31 heavy (non-hydrogen) atoms. The number of carbonyl (C=O) groups is 1. The van der Waals surface area contributed by atoms with Crippen LogP contribution < -0.4 is 5.56 Å². The molecule has 4 aromatic rings. The Hall–Kier alpha value is -3.74. The third-order valence-corrected chi connectivity index (χ3v) is 6.08. The zero-order valence-electron chi connectivity index (χ0n) is 17.8. The fourth-order valence-electron chi connectivity index (χ4n) is 4.31. The predicted octanol–water partition coefficient (Wildman–Crippen LogP) is 3.00. The molecule has 5 heterocycles. The number of aromatic nitrogens is 4. The number of amides is 1. The van der Waals surface area contributed by atoms with Crippen LogP contribution in [-0.4, -0.2) is 36.5 Å². The van der Waals surface area contributed by atoms with Crippen LogP contribution in [0.3, 0.4) is 0 Å². The molecule has 0 atom stereocenters. The molecule has 0 radical (unpaired) electrons. The van der Waals surface area contributed by atoms with Crippen molar-refractivity contribution in [3.63, 3.8) is 0 Å². The van der Waals surface area contributed by atoms with Gasteiger partial charge in [0.05, 0.1) is 0 Å². The van der Waals surface area contributed by atoms with Gasteiger partial charge in [-0.2, -0.15) is 0 Å². The molecule has 7 heteroatoms. The summed E-state index contributed by atoms with van der Waals surface area (Å²) in [5.74, 6) is 0.662. The van der Waals surface area contributed by atoms with E-state index < -0.39 is 0 Å². The zero-order chi connectivity index (χ0) is 21.7. The van der Waals surface area contributed by atoms with E-state index in [0.29, 0.717) is 18.9 Å². The van der Waals surface area contributed by atoms with Gasteiger partial charge in [0.1, 0.15) is 11.5 Å². The summed E-state index contributed by atoms with van der Waals surface area (Å²) in [4.78, 5) is 35.7. The summed E-state index contributed by atoms with van der Waals surface area (Å²) in [6.07, 6.45) is 4.33. The molecule has 0 saturated heterocycles. The highest BCUT2D eigenvalue weighted by Crippen LogP contribution is 2.30. The van der Waals surface area contributed by atoms with Gasteiger partial charge in [0.2, 0.25) is 5.91 Å². The van der Waals surface area contributed by atoms with Gasteiger partial charge in [-0.05, 0) is 36.8 Å². The van der Waals surface area contributed by atoms with Crippen LogP contribution in [0, 0.1) is 6.92 Å². The molecule has 4 aromatic heterocycles. The molecule has 0 bridgehead atoms. The van der Waals surface area contributed by atoms with Crippen molar-refractivity contribution in [2.24, 2.45) is 7.05 Å². The molecule has 1 aliphatic rings. The minimum absolute atomic E-state index is 0.0858. The van der Waals surface area contributed by atoms with Crippen molar-refractivity contribution in [3.8, 4) is 16.9 Å². The second kappa shape index (κ2) is 7.19. The number of aryl methyl sites for hydroxylation is 2. The van der Waals surface area contributed by atoms with Gasteiger partial charge in [0.25, 0.3) is 5.56 Å². The molecule has 0 N–H and O–H groups in total. The number of carbonyl (C=O) groups excluding carboxylic acids is 1. The van der Waals surface area contributed by atoms with Gasteiger partial charge in [-0.3, -0.25) is 19.1 Å². The quantitative estimate of drug-likeness (QED) is 0.506. The lowest BCUT2D eigenvalue weighted by Crippen LogP contribution is -2.34. The van der Waals surface area contributed by atoms with Crippen molar-refractivity contribution in [2.45, 2.75) is 26.8 Å². The first kappa shape index (κ1) is 19.2. The van der Waals surface area contributed by atoms with Crippen LogP contribution in [0.4, 0.5) is 0 Å². The van der Waals surface area contributed by atoms with Crippen molar-refractivity contribution in [1.29, 1.82) is 0 Å². The zero-order valence-corrected chi connectivity index (χ0v) is 17.8. The van der Waals surface area contributed by atoms with E-state index in [2.05, 4.69) is 9.55 Å². The number of hydrogen-bond acceptors (Lipinski definition) is 4. The normalized spacial score (nSPS) is 13.5. The molecular formula is C24H23N5O2. The van der Waals surface area contributed by atoms with Crippen molar-refractivity contribution < 1.29 is 4.79 Å². The molecule has 0 aromatic carbocycles. The fourth-order valence-corrected chi connectivity index (χ4v) is 4.31. The molecule has 156 valence electrons. The van der Waals surface area contributed by atoms with Crippen molar-refractivity contribution in [2.75, 3.05) is 6.54 Å². The Morgan fingerprint density at radius 1 is 1.10 bits per heavy atom. The molecule has 0 saturated carbocycles. The Labute approximate surface area is 179 Å². The van der Waals surface area contributed by atoms with Crippen molar-refractivity contribution in [3.05, 3.63) is 76.1 Å². The summed E-state index contributed by atoms with van der Waals surface area (Å²) in [5, 5.41) is 1.03. The van der Waals surface area contributed by atoms with E-state index in [0.717, 1.165) is 39.8 Å². The first-order valence-corrected chi connectivity index (χ1v) is 10.3. The third-order valence-electron chi connectivity index (χ3n) is 6.08. The summed E-state index contributed by atoms with van der Waals surface area (Å²) < 4.78 is 3.64. The lowest BCUT2D eigenvalue weighted by molar-refractivity contribution is -0.129. The monoisotopic (exact) mass is 413 g/mol.